The molecule has 0 bridgehead atoms. The van der Waals surface area contributed by atoms with Crippen molar-refractivity contribution in [1.29, 1.82) is 0 Å². The van der Waals surface area contributed by atoms with Crippen LogP contribution in [0.1, 0.15) is 14.3 Å². The van der Waals surface area contributed by atoms with Gasteiger partial charge in [0.15, 0.2) is 0 Å². The molecule has 1 aliphatic heterocycles. The van der Waals surface area contributed by atoms with E-state index in [-0.39, 0.29) is 19.3 Å². The van der Waals surface area contributed by atoms with Gasteiger partial charge in [-0.2, -0.15) is 0 Å². The normalized spacial score (nSPS) is 14.3. The summed E-state index contributed by atoms with van der Waals surface area (Å²) in [5, 5.41) is 2.80. The number of pyridine rings is 2. The molecule has 0 atom stereocenters. The van der Waals surface area contributed by atoms with Crippen molar-refractivity contribution in [2.45, 2.75) is 18.9 Å². The Balaban J connectivity index is 0.00000306. The maximum absolute atomic E-state index is 13.4. The van der Waals surface area contributed by atoms with Crippen LogP contribution >= 0.6 is 0 Å². The largest absolute Gasteiger partial charge is 0.356 e. The Morgan fingerprint density at radius 1 is 1.00 bits per heavy atom. The molecule has 168 valence electrons. The van der Waals surface area contributed by atoms with Crippen LogP contribution < -0.4 is 10.2 Å². The van der Waals surface area contributed by atoms with Gasteiger partial charge in [0.2, 0.25) is 0 Å². The number of anilines is 2. The van der Waals surface area contributed by atoms with Gasteiger partial charge in [0, 0.05) is 39.2 Å². The van der Waals surface area contributed by atoms with Crippen LogP contribution in [0.4, 0.5) is 29.5 Å². The molecule has 2 amide bonds. The zero-order chi connectivity index (χ0) is 22.7. The molecule has 2 aromatic heterocycles. The number of nitrogens with one attached hydrogen (secondary N) is 1. The van der Waals surface area contributed by atoms with E-state index < -0.39 is 11.6 Å². The second-order valence-electron chi connectivity index (χ2n) is 7.68. The molecule has 1 N–H and O–H groups in total. The minimum atomic E-state index is -0.679. The van der Waals surface area contributed by atoms with Crippen molar-refractivity contribution in [1.82, 2.24) is 14.9 Å². The maximum Gasteiger partial charge on any atom is 0.321 e. The second-order valence-corrected chi connectivity index (χ2v) is 7.68. The molecule has 1 fully saturated rings. The molecule has 3 aromatic rings. The summed E-state index contributed by atoms with van der Waals surface area (Å²) in [6.07, 6.45) is 4.16. The zero-order valence-electron chi connectivity index (χ0n) is 17.4. The van der Waals surface area contributed by atoms with Gasteiger partial charge in [-0.25, -0.2) is 22.9 Å². The van der Waals surface area contributed by atoms with Gasteiger partial charge < -0.3 is 15.1 Å². The quantitative estimate of drug-likeness (QED) is 0.621. The third-order valence-corrected chi connectivity index (χ3v) is 5.54. The van der Waals surface area contributed by atoms with Crippen LogP contribution in [0.2, 0.25) is 0 Å². The van der Waals surface area contributed by atoms with Crippen molar-refractivity contribution in [2.24, 2.45) is 0 Å². The molecule has 9 heteroatoms. The molecule has 1 saturated heterocycles. The van der Waals surface area contributed by atoms with Crippen LogP contribution in [-0.4, -0.2) is 47.1 Å². The van der Waals surface area contributed by atoms with Crippen LogP contribution in [0.5, 0.6) is 0 Å². The number of piperidine rings is 1. The Kier molecular flexibility index (Phi) is 6.25. The number of carbonyl (C=O) groups excluding carboxylic acids is 1. The minimum Gasteiger partial charge on any atom is -0.356 e. The summed E-state index contributed by atoms with van der Waals surface area (Å²) in [4.78, 5) is 24.7. The molecule has 32 heavy (non-hydrogen) atoms. The highest BCUT2D eigenvalue weighted by molar-refractivity contribution is 5.89. The molecule has 0 saturated carbocycles. The van der Waals surface area contributed by atoms with Gasteiger partial charge >= 0.3 is 6.03 Å². The Bertz CT molecular complexity index is 1070. The van der Waals surface area contributed by atoms with E-state index in [2.05, 4.69) is 20.2 Å². The molecule has 0 radical (unpaired) electrons. The number of hydrogen-bond acceptors (Lipinski definition) is 4. The summed E-state index contributed by atoms with van der Waals surface area (Å²) in [7, 11) is 1.74. The summed E-state index contributed by atoms with van der Waals surface area (Å²) in [5.74, 6) is -1.00. The molecule has 0 spiro atoms. The van der Waals surface area contributed by atoms with Gasteiger partial charge in [-0.15, -0.1) is 0 Å². The van der Waals surface area contributed by atoms with Gasteiger partial charge in [0.1, 0.15) is 23.3 Å². The Labute approximate surface area is 185 Å². The number of aromatic nitrogens is 2. The van der Waals surface area contributed by atoms with Crippen molar-refractivity contribution >= 4 is 17.5 Å². The molecule has 3 heterocycles. The number of hydrogen-bond donors (Lipinski definition) is 1. The lowest BCUT2D eigenvalue weighted by Gasteiger charge is -2.37. The average Bonchev–Trinajstić information content (AvgIpc) is 2.79. The Morgan fingerprint density at radius 3 is 2.31 bits per heavy atom. The second kappa shape index (κ2) is 9.25. The third kappa shape index (κ3) is 4.99. The summed E-state index contributed by atoms with van der Waals surface area (Å²) in [6.45, 7) is 1.42. The van der Waals surface area contributed by atoms with Gasteiger partial charge in [-0.05, 0) is 49.2 Å². The van der Waals surface area contributed by atoms with Crippen LogP contribution in [0, 0.1) is 17.5 Å². The first-order valence-corrected chi connectivity index (χ1v) is 10.2. The molecular weight excluding hydrogens is 419 g/mol. The lowest BCUT2D eigenvalue weighted by molar-refractivity contribution is 0.193. The van der Waals surface area contributed by atoms with E-state index in [1.165, 1.54) is 30.6 Å². The first-order chi connectivity index (χ1) is 15.4. The molecule has 0 unspecified atom stereocenters. The first-order valence-electron chi connectivity index (χ1n) is 10.2. The van der Waals surface area contributed by atoms with Crippen molar-refractivity contribution in [3.8, 4) is 11.3 Å². The van der Waals surface area contributed by atoms with E-state index in [4.69, 9.17) is 0 Å². The minimum absolute atomic E-state index is 0. The van der Waals surface area contributed by atoms with Crippen molar-refractivity contribution in [3.63, 3.8) is 0 Å². The van der Waals surface area contributed by atoms with E-state index >= 15 is 0 Å². The lowest BCUT2D eigenvalue weighted by Crippen LogP contribution is -2.47. The molecule has 6 nitrogen and oxygen atoms in total. The molecule has 0 aliphatic carbocycles. The van der Waals surface area contributed by atoms with E-state index in [1.54, 1.807) is 30.1 Å². The number of carbonyl (C=O) groups is 1. The molecular formula is C23H24F3N5O. The van der Waals surface area contributed by atoms with Crippen molar-refractivity contribution in [2.75, 3.05) is 30.4 Å². The first kappa shape index (κ1) is 21.6. The SMILES string of the molecule is CN(C(=O)Nc1ccc(-c2cc(F)cc(F)c2)nc1)C1CCN(c2ccc(F)cn2)CC1.[HH]. The van der Waals surface area contributed by atoms with Gasteiger partial charge in [-0.1, -0.05) is 0 Å². The van der Waals surface area contributed by atoms with Gasteiger partial charge in [0.05, 0.1) is 23.8 Å². The summed E-state index contributed by atoms with van der Waals surface area (Å²) >= 11 is 0. The highest BCUT2D eigenvalue weighted by atomic mass is 19.1. The molecule has 1 aromatic carbocycles. The monoisotopic (exact) mass is 443 g/mol. The fraction of sp³-hybridized carbons (Fsp3) is 0.261. The highest BCUT2D eigenvalue weighted by Crippen LogP contribution is 2.23. The molecule has 4 rings (SSSR count). The number of benzene rings is 1. The third-order valence-electron chi connectivity index (χ3n) is 5.54. The van der Waals surface area contributed by atoms with E-state index in [9.17, 15) is 18.0 Å². The fourth-order valence-corrected chi connectivity index (χ4v) is 3.76. The van der Waals surface area contributed by atoms with Gasteiger partial charge in [0.25, 0.3) is 0 Å². The average molecular weight is 443 g/mol. The van der Waals surface area contributed by atoms with E-state index in [1.807, 2.05) is 0 Å². The van der Waals surface area contributed by atoms with Crippen LogP contribution in [-0.2, 0) is 0 Å². The highest BCUT2D eigenvalue weighted by Gasteiger charge is 2.26. The maximum atomic E-state index is 13.4. The van der Waals surface area contributed by atoms with Gasteiger partial charge in [-0.3, -0.25) is 4.98 Å². The Hall–Kier alpha value is -3.62. The fourth-order valence-electron chi connectivity index (χ4n) is 3.76. The number of rotatable bonds is 4. The Morgan fingerprint density at radius 2 is 1.72 bits per heavy atom. The predicted molar refractivity (Wildman–Crippen MR) is 118 cm³/mol. The summed E-state index contributed by atoms with van der Waals surface area (Å²) in [5.41, 5.74) is 1.20. The number of nitrogens with zero attached hydrogens (tertiary/aromatic N) is 4. The molecule has 1 aliphatic rings. The van der Waals surface area contributed by atoms with Crippen molar-refractivity contribution < 1.29 is 19.4 Å². The lowest BCUT2D eigenvalue weighted by atomic mass is 10.0. The van der Waals surface area contributed by atoms with E-state index in [0.717, 1.165) is 24.7 Å². The van der Waals surface area contributed by atoms with Crippen molar-refractivity contribution in [3.05, 3.63) is 72.3 Å². The predicted octanol–water partition coefficient (Wildman–Crippen LogP) is 4.94. The number of amides is 2. The van der Waals surface area contributed by atoms with Crippen LogP contribution in [0.25, 0.3) is 11.3 Å². The topological polar surface area (TPSA) is 61.4 Å². The standard InChI is InChI=1S/C23H22F3N5O.H2/c1-30(20-6-8-31(9-7-20)22-5-2-16(24)13-28-22)23(32)29-19-3-4-21(27-14-19)15-10-17(25)12-18(26)11-15;/h2-5,10-14,20H,6-9H2,1H3,(H,29,32);1H. The summed E-state index contributed by atoms with van der Waals surface area (Å²) in [6, 6.07) is 9.26. The van der Waals surface area contributed by atoms with E-state index in [0.29, 0.717) is 30.0 Å². The summed E-state index contributed by atoms with van der Waals surface area (Å²) < 4.78 is 39.9. The zero-order valence-corrected chi connectivity index (χ0v) is 17.4. The number of halogens is 3. The smallest absolute Gasteiger partial charge is 0.321 e. The van der Waals surface area contributed by atoms with Crippen LogP contribution in [0.15, 0.2) is 54.9 Å². The number of urea groups is 1. The van der Waals surface area contributed by atoms with Crippen LogP contribution in [0.3, 0.4) is 0 Å².